The molecule has 0 aliphatic carbocycles. The zero-order valence-electron chi connectivity index (χ0n) is 14.2. The number of amides is 1. The Labute approximate surface area is 144 Å². The highest BCUT2D eigenvalue weighted by atomic mass is 35.5. The lowest BCUT2D eigenvalue weighted by Crippen LogP contribution is -2.43. The number of carbonyl (C=O) groups excluding carboxylic acids is 1. The van der Waals surface area contributed by atoms with Crippen molar-refractivity contribution >= 4 is 17.5 Å². The molecule has 5 heteroatoms. The zero-order valence-corrected chi connectivity index (χ0v) is 15.0. The first-order chi connectivity index (χ1) is 10.9. The maximum absolute atomic E-state index is 11.6. The van der Waals surface area contributed by atoms with Crippen molar-refractivity contribution in [2.45, 2.75) is 44.8 Å². The van der Waals surface area contributed by atoms with Crippen LogP contribution < -0.4 is 0 Å². The van der Waals surface area contributed by atoms with Crippen molar-refractivity contribution < 1.29 is 9.90 Å². The van der Waals surface area contributed by atoms with Gasteiger partial charge >= 0.3 is 0 Å². The van der Waals surface area contributed by atoms with Crippen LogP contribution in [0.25, 0.3) is 0 Å². The Morgan fingerprint density at radius 3 is 2.52 bits per heavy atom. The van der Waals surface area contributed by atoms with Crippen LogP contribution in [0.5, 0.6) is 0 Å². The van der Waals surface area contributed by atoms with Crippen molar-refractivity contribution in [3.8, 4) is 0 Å². The van der Waals surface area contributed by atoms with E-state index in [2.05, 4.69) is 30.9 Å². The summed E-state index contributed by atoms with van der Waals surface area (Å²) in [5.41, 5.74) is 1.23. The third-order valence-electron chi connectivity index (χ3n) is 4.92. The molecule has 128 valence electrons. The van der Waals surface area contributed by atoms with Gasteiger partial charge in [0.1, 0.15) is 0 Å². The molecule has 1 saturated heterocycles. The molecule has 0 saturated carbocycles. The van der Waals surface area contributed by atoms with Gasteiger partial charge in [-0.15, -0.1) is 0 Å². The number of likely N-dealkylation sites (tertiary alicyclic amines) is 1. The fourth-order valence-electron chi connectivity index (χ4n) is 3.13. The molecular formula is C18H27ClN2O2. The number of hydrogen-bond acceptors (Lipinski definition) is 3. The van der Waals surface area contributed by atoms with Crippen LogP contribution in [0.15, 0.2) is 24.3 Å². The Hall–Kier alpha value is -1.10. The Bertz CT molecular complexity index is 520. The van der Waals surface area contributed by atoms with Gasteiger partial charge in [-0.1, -0.05) is 30.7 Å². The van der Waals surface area contributed by atoms with E-state index in [-0.39, 0.29) is 11.9 Å². The summed E-state index contributed by atoms with van der Waals surface area (Å²) in [6.07, 6.45) is 1.01. The topological polar surface area (TPSA) is 43.8 Å². The predicted molar refractivity (Wildman–Crippen MR) is 93.8 cm³/mol. The van der Waals surface area contributed by atoms with E-state index in [9.17, 15) is 9.90 Å². The maximum atomic E-state index is 11.6. The van der Waals surface area contributed by atoms with Gasteiger partial charge in [0, 0.05) is 37.1 Å². The van der Waals surface area contributed by atoms with E-state index in [0.29, 0.717) is 25.4 Å². The molecule has 3 atom stereocenters. The first-order valence-corrected chi connectivity index (χ1v) is 8.68. The molecular weight excluding hydrogens is 312 g/mol. The second-order valence-corrected chi connectivity index (χ2v) is 7.05. The second kappa shape index (κ2) is 8.13. The van der Waals surface area contributed by atoms with Gasteiger partial charge in [-0.05, 0) is 44.0 Å². The summed E-state index contributed by atoms with van der Waals surface area (Å²) in [7, 11) is 2.02. The smallest absolute Gasteiger partial charge is 0.222 e. The first kappa shape index (κ1) is 18.2. The highest BCUT2D eigenvalue weighted by Gasteiger charge is 2.25. The molecule has 1 N–H and O–H groups in total. The van der Waals surface area contributed by atoms with Crippen LogP contribution in [0.1, 0.15) is 38.2 Å². The minimum Gasteiger partial charge on any atom is -0.390 e. The monoisotopic (exact) mass is 338 g/mol. The van der Waals surface area contributed by atoms with Gasteiger partial charge < -0.3 is 14.9 Å². The van der Waals surface area contributed by atoms with E-state index in [1.807, 2.05) is 19.2 Å². The number of aliphatic hydroxyl groups excluding tert-OH is 1. The van der Waals surface area contributed by atoms with E-state index in [4.69, 9.17) is 11.6 Å². The van der Waals surface area contributed by atoms with Crippen molar-refractivity contribution in [3.05, 3.63) is 34.9 Å². The van der Waals surface area contributed by atoms with Crippen LogP contribution in [0.2, 0.25) is 5.02 Å². The van der Waals surface area contributed by atoms with Crippen molar-refractivity contribution in [2.24, 2.45) is 0 Å². The number of likely N-dealkylation sites (N-methyl/N-ethyl adjacent to an activating group) is 1. The van der Waals surface area contributed by atoms with Crippen molar-refractivity contribution in [1.29, 1.82) is 0 Å². The summed E-state index contributed by atoms with van der Waals surface area (Å²) < 4.78 is 0. The molecule has 3 unspecified atom stereocenters. The molecule has 0 radical (unpaired) electrons. The number of hydrogen-bond donors (Lipinski definition) is 1. The molecule has 1 aromatic carbocycles. The Kier molecular flexibility index (Phi) is 6.45. The summed E-state index contributed by atoms with van der Waals surface area (Å²) in [4.78, 5) is 15.6. The van der Waals surface area contributed by atoms with Crippen molar-refractivity contribution in [1.82, 2.24) is 9.80 Å². The van der Waals surface area contributed by atoms with Crippen molar-refractivity contribution in [2.75, 3.05) is 26.7 Å². The molecule has 4 nitrogen and oxygen atoms in total. The Balaban J connectivity index is 1.87. The normalized spacial score (nSPS) is 19.2. The number of benzene rings is 1. The molecule has 0 bridgehead atoms. The van der Waals surface area contributed by atoms with Crippen LogP contribution >= 0.6 is 11.6 Å². The predicted octanol–water partition coefficient (Wildman–Crippen LogP) is 2.75. The van der Waals surface area contributed by atoms with Gasteiger partial charge in [0.2, 0.25) is 5.91 Å². The summed E-state index contributed by atoms with van der Waals surface area (Å²) in [5, 5.41) is 11.0. The van der Waals surface area contributed by atoms with E-state index in [0.717, 1.165) is 18.0 Å². The van der Waals surface area contributed by atoms with Crippen LogP contribution in [-0.2, 0) is 4.79 Å². The molecule has 1 aliphatic heterocycles. The number of carbonyl (C=O) groups is 1. The lowest BCUT2D eigenvalue weighted by molar-refractivity contribution is -0.129. The maximum Gasteiger partial charge on any atom is 0.222 e. The molecule has 23 heavy (non-hydrogen) atoms. The average Bonchev–Trinajstić information content (AvgIpc) is 2.91. The minimum atomic E-state index is -0.512. The van der Waals surface area contributed by atoms with Crippen LogP contribution in [0, 0.1) is 0 Å². The summed E-state index contributed by atoms with van der Waals surface area (Å²) in [5.74, 6) is 0.493. The zero-order chi connectivity index (χ0) is 17.0. The van der Waals surface area contributed by atoms with Gasteiger partial charge in [0.05, 0.1) is 6.10 Å². The van der Waals surface area contributed by atoms with Gasteiger partial charge in [-0.2, -0.15) is 0 Å². The SMILES string of the molecule is CC(c1ccc(Cl)cc1)C(C)N(C)CC(O)CN1CCCC1=O. The van der Waals surface area contributed by atoms with Gasteiger partial charge in [-0.3, -0.25) is 4.79 Å². The Morgan fingerprint density at radius 1 is 1.30 bits per heavy atom. The van der Waals surface area contributed by atoms with E-state index in [1.165, 1.54) is 5.56 Å². The lowest BCUT2D eigenvalue weighted by atomic mass is 9.93. The number of rotatable bonds is 7. The third kappa shape index (κ3) is 4.93. The fraction of sp³-hybridized carbons (Fsp3) is 0.611. The highest BCUT2D eigenvalue weighted by Crippen LogP contribution is 2.24. The quantitative estimate of drug-likeness (QED) is 0.831. The van der Waals surface area contributed by atoms with E-state index < -0.39 is 6.10 Å². The fourth-order valence-corrected chi connectivity index (χ4v) is 3.26. The van der Waals surface area contributed by atoms with E-state index >= 15 is 0 Å². The molecule has 1 aliphatic rings. The van der Waals surface area contributed by atoms with Crippen LogP contribution in [-0.4, -0.2) is 59.6 Å². The first-order valence-electron chi connectivity index (χ1n) is 8.30. The summed E-state index contributed by atoms with van der Waals surface area (Å²) >= 11 is 5.94. The van der Waals surface area contributed by atoms with Crippen LogP contribution in [0.3, 0.4) is 0 Å². The summed E-state index contributed by atoms with van der Waals surface area (Å²) in [6, 6.07) is 8.20. The second-order valence-electron chi connectivity index (χ2n) is 6.62. The molecule has 0 spiro atoms. The number of aliphatic hydroxyl groups is 1. The highest BCUT2D eigenvalue weighted by molar-refractivity contribution is 6.30. The van der Waals surface area contributed by atoms with Gasteiger partial charge in [-0.25, -0.2) is 0 Å². The van der Waals surface area contributed by atoms with Gasteiger partial charge in [0.25, 0.3) is 0 Å². The third-order valence-corrected chi connectivity index (χ3v) is 5.17. The van der Waals surface area contributed by atoms with E-state index in [1.54, 1.807) is 4.90 Å². The summed E-state index contributed by atoms with van der Waals surface area (Å²) in [6.45, 7) is 6.11. The molecule has 1 aromatic rings. The number of halogens is 1. The minimum absolute atomic E-state index is 0.161. The lowest BCUT2D eigenvalue weighted by Gasteiger charge is -2.32. The molecule has 1 heterocycles. The molecule has 1 fully saturated rings. The largest absolute Gasteiger partial charge is 0.390 e. The van der Waals surface area contributed by atoms with Crippen LogP contribution in [0.4, 0.5) is 0 Å². The van der Waals surface area contributed by atoms with Crippen molar-refractivity contribution in [3.63, 3.8) is 0 Å². The molecule has 1 amide bonds. The number of nitrogens with zero attached hydrogens (tertiary/aromatic N) is 2. The molecule has 2 rings (SSSR count). The average molecular weight is 339 g/mol. The number of β-amino-alcohol motifs (C(OH)–C–C–N with tert-alkyl or cyclic N) is 1. The standard InChI is InChI=1S/C18H27ClN2O2/c1-13(15-6-8-16(19)9-7-15)14(2)20(3)11-17(22)12-21-10-4-5-18(21)23/h6-9,13-14,17,22H,4-5,10-12H2,1-3H3. The van der Waals surface area contributed by atoms with Gasteiger partial charge in [0.15, 0.2) is 0 Å². The Morgan fingerprint density at radius 2 is 1.96 bits per heavy atom. The molecule has 0 aromatic heterocycles.